The number of nitrogens with zero attached hydrogens (tertiary/aromatic N) is 2. The molecular weight excluding hydrogens is 299 g/mol. The number of amides is 2. The van der Waals surface area contributed by atoms with Crippen LogP contribution in [0, 0.1) is 12.7 Å². The average Bonchev–Trinajstić information content (AvgIpc) is 2.51. The number of piperazine rings is 1. The minimum atomic E-state index is -0.712. The Balaban J connectivity index is 2.09. The Morgan fingerprint density at radius 1 is 1.24 bits per heavy atom. The molecule has 0 saturated carbocycles. The molecule has 1 fully saturated rings. The quantitative estimate of drug-likeness (QED) is 0.888. The summed E-state index contributed by atoms with van der Waals surface area (Å²) in [6.45, 7) is 2.37. The van der Waals surface area contributed by atoms with E-state index in [4.69, 9.17) is 16.7 Å². The highest BCUT2D eigenvalue weighted by atomic mass is 35.5. The van der Waals surface area contributed by atoms with Crippen LogP contribution < -0.4 is 0 Å². The van der Waals surface area contributed by atoms with Gasteiger partial charge in [-0.25, -0.2) is 4.39 Å². The summed E-state index contributed by atoms with van der Waals surface area (Å²) < 4.78 is 14.1. The second-order valence-electron chi connectivity index (χ2n) is 4.89. The highest BCUT2D eigenvalue weighted by molar-refractivity contribution is 6.31. The molecule has 1 aromatic carbocycles. The molecule has 0 bridgehead atoms. The fourth-order valence-corrected chi connectivity index (χ4v) is 2.41. The number of carbonyl (C=O) groups excluding carboxylic acids is 2. The molecule has 0 atom stereocenters. The topological polar surface area (TPSA) is 60.9 Å². The number of aliphatic hydroxyl groups is 1. The van der Waals surface area contributed by atoms with Crippen molar-refractivity contribution in [3.8, 4) is 0 Å². The van der Waals surface area contributed by atoms with Gasteiger partial charge in [0.05, 0.1) is 10.6 Å². The van der Waals surface area contributed by atoms with Crippen LogP contribution in [0.15, 0.2) is 12.1 Å². The fourth-order valence-electron chi connectivity index (χ4n) is 2.24. The number of hydrogen-bond acceptors (Lipinski definition) is 3. The minimum Gasteiger partial charge on any atom is -0.387 e. The molecule has 1 aliphatic heterocycles. The lowest BCUT2D eigenvalue weighted by molar-refractivity contribution is -0.135. The molecule has 0 unspecified atom stereocenters. The minimum absolute atomic E-state index is 0.0463. The zero-order chi connectivity index (χ0) is 15.6. The van der Waals surface area contributed by atoms with Gasteiger partial charge in [-0.3, -0.25) is 9.59 Å². The molecule has 0 radical (unpaired) electrons. The highest BCUT2D eigenvalue weighted by Gasteiger charge is 2.26. The van der Waals surface area contributed by atoms with Gasteiger partial charge < -0.3 is 14.9 Å². The van der Waals surface area contributed by atoms with Crippen LogP contribution in [0.25, 0.3) is 0 Å². The first-order valence-corrected chi connectivity index (χ1v) is 6.96. The Kier molecular flexibility index (Phi) is 4.80. The molecule has 2 amide bonds. The number of hydrogen-bond donors (Lipinski definition) is 1. The second kappa shape index (κ2) is 6.41. The van der Waals surface area contributed by atoms with Crippen LogP contribution in [0.3, 0.4) is 0 Å². The molecule has 7 heteroatoms. The summed E-state index contributed by atoms with van der Waals surface area (Å²) in [6.07, 6.45) is 0. The zero-order valence-corrected chi connectivity index (χ0v) is 12.4. The standard InChI is InChI=1S/C14H16ClFN2O3/c1-9-2-3-10(13(16)12(9)15)14(21)18-6-4-17(5-7-18)11(20)8-19/h2-3,19H,4-8H2,1H3. The van der Waals surface area contributed by atoms with Crippen molar-refractivity contribution in [2.75, 3.05) is 32.8 Å². The SMILES string of the molecule is Cc1ccc(C(=O)N2CCN(C(=O)CO)CC2)c(F)c1Cl. The number of rotatable bonds is 2. The lowest BCUT2D eigenvalue weighted by atomic mass is 10.1. The van der Waals surface area contributed by atoms with Gasteiger partial charge in [-0.1, -0.05) is 17.7 Å². The molecule has 21 heavy (non-hydrogen) atoms. The van der Waals surface area contributed by atoms with E-state index in [0.717, 1.165) is 0 Å². The molecule has 0 aromatic heterocycles. The van der Waals surface area contributed by atoms with Gasteiger partial charge in [0.1, 0.15) is 6.61 Å². The number of halogens is 2. The lowest BCUT2D eigenvalue weighted by Gasteiger charge is -2.34. The Bertz CT molecular complexity index is 572. The van der Waals surface area contributed by atoms with E-state index >= 15 is 0 Å². The maximum atomic E-state index is 14.1. The molecule has 1 heterocycles. The zero-order valence-electron chi connectivity index (χ0n) is 11.6. The van der Waals surface area contributed by atoms with E-state index in [1.54, 1.807) is 13.0 Å². The maximum Gasteiger partial charge on any atom is 0.257 e. The summed E-state index contributed by atoms with van der Waals surface area (Å²) in [7, 11) is 0. The van der Waals surface area contributed by atoms with Gasteiger partial charge in [-0.2, -0.15) is 0 Å². The van der Waals surface area contributed by atoms with Gasteiger partial charge in [0.15, 0.2) is 5.82 Å². The van der Waals surface area contributed by atoms with Crippen LogP contribution in [0.4, 0.5) is 4.39 Å². The van der Waals surface area contributed by atoms with Crippen LogP contribution in [0.5, 0.6) is 0 Å². The average molecular weight is 315 g/mol. The molecule has 1 aromatic rings. The summed E-state index contributed by atoms with van der Waals surface area (Å²) >= 11 is 5.82. The largest absolute Gasteiger partial charge is 0.387 e. The summed E-state index contributed by atoms with van der Waals surface area (Å²) in [5.41, 5.74) is 0.511. The van der Waals surface area contributed by atoms with Crippen LogP contribution in [0.2, 0.25) is 5.02 Å². The number of carbonyl (C=O) groups is 2. The summed E-state index contributed by atoms with van der Waals surface area (Å²) in [5, 5.41) is 8.75. The van der Waals surface area contributed by atoms with Crippen molar-refractivity contribution in [3.05, 3.63) is 34.1 Å². The molecule has 5 nitrogen and oxygen atoms in total. The first kappa shape index (κ1) is 15.7. The summed E-state index contributed by atoms with van der Waals surface area (Å²) in [4.78, 5) is 26.6. The van der Waals surface area contributed by atoms with E-state index in [-0.39, 0.29) is 16.5 Å². The fraction of sp³-hybridized carbons (Fsp3) is 0.429. The van der Waals surface area contributed by atoms with Crippen molar-refractivity contribution >= 4 is 23.4 Å². The molecule has 1 aliphatic rings. The van der Waals surface area contributed by atoms with Gasteiger partial charge in [-0.15, -0.1) is 0 Å². The van der Waals surface area contributed by atoms with Crippen molar-refractivity contribution in [1.82, 2.24) is 9.80 Å². The Morgan fingerprint density at radius 3 is 2.38 bits per heavy atom. The number of benzene rings is 1. The van der Waals surface area contributed by atoms with E-state index in [2.05, 4.69) is 0 Å². The van der Waals surface area contributed by atoms with Crippen LogP contribution in [0.1, 0.15) is 15.9 Å². The van der Waals surface area contributed by atoms with E-state index in [0.29, 0.717) is 31.7 Å². The van der Waals surface area contributed by atoms with Crippen LogP contribution in [-0.4, -0.2) is 59.5 Å². The van der Waals surface area contributed by atoms with Crippen LogP contribution in [-0.2, 0) is 4.79 Å². The van der Waals surface area contributed by atoms with E-state index in [9.17, 15) is 14.0 Å². The predicted octanol–water partition coefficient (Wildman–Crippen LogP) is 1.06. The van der Waals surface area contributed by atoms with E-state index in [1.165, 1.54) is 15.9 Å². The maximum absolute atomic E-state index is 14.1. The van der Waals surface area contributed by atoms with E-state index in [1.807, 2.05) is 0 Å². The highest BCUT2D eigenvalue weighted by Crippen LogP contribution is 2.23. The molecule has 114 valence electrons. The van der Waals surface area contributed by atoms with Crippen molar-refractivity contribution in [3.63, 3.8) is 0 Å². The number of aryl methyl sites for hydroxylation is 1. The van der Waals surface area contributed by atoms with Gasteiger partial charge in [0.25, 0.3) is 5.91 Å². The molecular formula is C14H16ClFN2O3. The predicted molar refractivity (Wildman–Crippen MR) is 75.7 cm³/mol. The smallest absolute Gasteiger partial charge is 0.257 e. The third-order valence-corrected chi connectivity index (χ3v) is 4.02. The molecule has 1 N–H and O–H groups in total. The first-order chi connectivity index (χ1) is 9.95. The third-order valence-electron chi connectivity index (χ3n) is 3.56. The van der Waals surface area contributed by atoms with Crippen LogP contribution >= 0.6 is 11.6 Å². The Morgan fingerprint density at radius 2 is 1.81 bits per heavy atom. The molecule has 1 saturated heterocycles. The van der Waals surface area contributed by atoms with Crippen molar-refractivity contribution < 1.29 is 19.1 Å². The lowest BCUT2D eigenvalue weighted by Crippen LogP contribution is -2.51. The van der Waals surface area contributed by atoms with E-state index < -0.39 is 18.3 Å². The summed E-state index contributed by atoms with van der Waals surface area (Å²) in [5.74, 6) is -1.52. The van der Waals surface area contributed by atoms with Gasteiger partial charge in [0.2, 0.25) is 5.91 Å². The Labute approximate surface area is 126 Å². The normalized spacial score (nSPS) is 15.2. The second-order valence-corrected chi connectivity index (χ2v) is 5.27. The number of aliphatic hydroxyl groups excluding tert-OH is 1. The van der Waals surface area contributed by atoms with Gasteiger partial charge >= 0.3 is 0 Å². The van der Waals surface area contributed by atoms with Gasteiger partial charge in [-0.05, 0) is 18.6 Å². The van der Waals surface area contributed by atoms with Crippen molar-refractivity contribution in [2.45, 2.75) is 6.92 Å². The summed E-state index contributed by atoms with van der Waals surface area (Å²) in [6, 6.07) is 3.02. The third kappa shape index (κ3) is 3.16. The molecule has 2 rings (SSSR count). The Hall–Kier alpha value is -1.66. The van der Waals surface area contributed by atoms with Gasteiger partial charge in [0, 0.05) is 26.2 Å². The van der Waals surface area contributed by atoms with Crippen molar-refractivity contribution in [2.24, 2.45) is 0 Å². The monoisotopic (exact) mass is 314 g/mol. The molecule has 0 spiro atoms. The molecule has 0 aliphatic carbocycles. The first-order valence-electron chi connectivity index (χ1n) is 6.58. The van der Waals surface area contributed by atoms with Crippen molar-refractivity contribution in [1.29, 1.82) is 0 Å².